The zero-order valence-electron chi connectivity index (χ0n) is 20.5. The molecule has 4 aromatic rings. The lowest BCUT2D eigenvalue weighted by Gasteiger charge is -2.10. The fraction of sp³-hybridized carbons (Fsp3) is 0.143. The molecule has 7 nitrogen and oxygen atoms in total. The minimum absolute atomic E-state index is 0.243. The Balaban J connectivity index is 0.000000886. The SMILES string of the molecule is COc1ccc(Cc2ccc(Oc3ccc(S(=O)(=O)c4ccc(C)c(C)c4)cc3)cc2)cc1.O=S(=O)=O. The van der Waals surface area contributed by atoms with Crippen LogP contribution < -0.4 is 9.47 Å². The molecule has 0 heterocycles. The summed E-state index contributed by atoms with van der Waals surface area (Å²) in [6.45, 7) is 3.87. The quantitative estimate of drug-likeness (QED) is 0.305. The van der Waals surface area contributed by atoms with Gasteiger partial charge in [-0.2, -0.15) is 0 Å². The van der Waals surface area contributed by atoms with Crippen LogP contribution in [0.1, 0.15) is 22.3 Å². The number of rotatable bonds is 7. The predicted molar refractivity (Wildman–Crippen MR) is 140 cm³/mol. The van der Waals surface area contributed by atoms with E-state index in [1.807, 2.05) is 56.3 Å². The number of hydrogen-bond donors (Lipinski definition) is 0. The summed E-state index contributed by atoms with van der Waals surface area (Å²) in [5, 5.41) is 0. The van der Waals surface area contributed by atoms with Crippen LogP contribution in [-0.4, -0.2) is 28.2 Å². The van der Waals surface area contributed by atoms with Crippen molar-refractivity contribution < 1.29 is 30.5 Å². The second-order valence-corrected chi connectivity index (χ2v) is 10.6. The lowest BCUT2D eigenvalue weighted by atomic mass is 10.0. The van der Waals surface area contributed by atoms with Gasteiger partial charge in [-0.05, 0) is 103 Å². The third kappa shape index (κ3) is 7.77. The molecule has 0 aliphatic heterocycles. The van der Waals surface area contributed by atoms with Crippen LogP contribution in [0, 0.1) is 13.8 Å². The van der Waals surface area contributed by atoms with Crippen molar-refractivity contribution in [1.29, 1.82) is 0 Å². The van der Waals surface area contributed by atoms with Crippen LogP contribution in [0.3, 0.4) is 0 Å². The molecule has 0 bridgehead atoms. The van der Waals surface area contributed by atoms with Crippen LogP contribution >= 0.6 is 0 Å². The highest BCUT2D eigenvalue weighted by atomic mass is 32.2. The lowest BCUT2D eigenvalue weighted by Crippen LogP contribution is -2.02. The van der Waals surface area contributed by atoms with Gasteiger partial charge in [0.2, 0.25) is 9.84 Å². The van der Waals surface area contributed by atoms with E-state index in [0.717, 1.165) is 23.3 Å². The molecule has 0 saturated carbocycles. The number of hydrogen-bond acceptors (Lipinski definition) is 7. The van der Waals surface area contributed by atoms with Gasteiger partial charge in [0.25, 0.3) is 0 Å². The average molecular weight is 539 g/mol. The van der Waals surface area contributed by atoms with Crippen LogP contribution in [0.4, 0.5) is 0 Å². The highest BCUT2D eigenvalue weighted by molar-refractivity contribution is 7.91. The van der Waals surface area contributed by atoms with Gasteiger partial charge in [0, 0.05) is 0 Å². The molecule has 0 fully saturated rings. The molecular weight excluding hydrogens is 512 g/mol. The van der Waals surface area contributed by atoms with Crippen molar-refractivity contribution in [3.05, 3.63) is 113 Å². The molecule has 0 aliphatic carbocycles. The van der Waals surface area contributed by atoms with E-state index in [0.29, 0.717) is 16.4 Å². The van der Waals surface area contributed by atoms with E-state index in [-0.39, 0.29) is 4.90 Å². The zero-order chi connectivity index (χ0) is 27.0. The molecule has 0 aliphatic rings. The normalized spacial score (nSPS) is 10.7. The fourth-order valence-electron chi connectivity index (χ4n) is 3.49. The van der Waals surface area contributed by atoms with Gasteiger partial charge >= 0.3 is 10.6 Å². The van der Waals surface area contributed by atoms with Gasteiger partial charge in [-0.15, -0.1) is 12.6 Å². The van der Waals surface area contributed by atoms with Gasteiger partial charge in [0.05, 0.1) is 16.9 Å². The summed E-state index contributed by atoms with van der Waals surface area (Å²) in [6, 6.07) is 27.6. The van der Waals surface area contributed by atoms with Crippen molar-refractivity contribution in [2.45, 2.75) is 30.1 Å². The first-order chi connectivity index (χ1) is 17.6. The van der Waals surface area contributed by atoms with Gasteiger partial charge in [0.1, 0.15) is 17.2 Å². The Kier molecular flexibility index (Phi) is 9.21. The summed E-state index contributed by atoms with van der Waals surface area (Å²) >= 11 is 0. The highest BCUT2D eigenvalue weighted by Crippen LogP contribution is 2.27. The molecule has 4 aromatic carbocycles. The van der Waals surface area contributed by atoms with Crippen molar-refractivity contribution in [3.63, 3.8) is 0 Å². The summed E-state index contributed by atoms with van der Waals surface area (Å²) in [5.74, 6) is 2.12. The Bertz CT molecular complexity index is 1550. The van der Waals surface area contributed by atoms with E-state index >= 15 is 0 Å². The molecule has 0 spiro atoms. The minimum atomic E-state index is -3.57. The van der Waals surface area contributed by atoms with Gasteiger partial charge in [-0.3, -0.25) is 0 Å². The lowest BCUT2D eigenvalue weighted by molar-refractivity contribution is 0.414. The van der Waals surface area contributed by atoms with E-state index in [1.165, 1.54) is 11.1 Å². The van der Waals surface area contributed by atoms with E-state index in [4.69, 9.17) is 22.1 Å². The number of ether oxygens (including phenoxy) is 2. The standard InChI is InChI=1S/C28H26O4S.O3S/c1-20-4-15-28(18-21(20)2)33(29,30)27-16-13-26(14-17-27)32-25-11-7-23(8-12-25)19-22-5-9-24(31-3)10-6-22;1-4(2)3/h4-18H,19H2,1-3H3;. The van der Waals surface area contributed by atoms with Gasteiger partial charge in [-0.1, -0.05) is 30.3 Å². The van der Waals surface area contributed by atoms with Crippen molar-refractivity contribution >= 4 is 20.4 Å². The van der Waals surface area contributed by atoms with E-state index in [1.54, 1.807) is 43.5 Å². The highest BCUT2D eigenvalue weighted by Gasteiger charge is 2.18. The van der Waals surface area contributed by atoms with Crippen LogP contribution in [0.15, 0.2) is 101 Å². The maximum Gasteiger partial charge on any atom is 0.425 e. The second-order valence-electron chi connectivity index (χ2n) is 8.20. The smallest absolute Gasteiger partial charge is 0.425 e. The van der Waals surface area contributed by atoms with Crippen LogP contribution in [0.25, 0.3) is 0 Å². The Morgan fingerprint density at radius 1 is 0.622 bits per heavy atom. The molecule has 0 N–H and O–H groups in total. The summed E-state index contributed by atoms with van der Waals surface area (Å²) < 4.78 is 62.3. The van der Waals surface area contributed by atoms with Crippen LogP contribution in [0.2, 0.25) is 0 Å². The van der Waals surface area contributed by atoms with Crippen LogP contribution in [0.5, 0.6) is 17.2 Å². The largest absolute Gasteiger partial charge is 0.497 e. The van der Waals surface area contributed by atoms with Gasteiger partial charge < -0.3 is 9.47 Å². The van der Waals surface area contributed by atoms with E-state index in [9.17, 15) is 8.42 Å². The fourth-order valence-corrected chi connectivity index (χ4v) is 4.84. The monoisotopic (exact) mass is 538 g/mol. The third-order valence-corrected chi connectivity index (χ3v) is 7.42. The molecule has 192 valence electrons. The summed E-state index contributed by atoms with van der Waals surface area (Å²) in [7, 11) is -5.02. The van der Waals surface area contributed by atoms with Crippen LogP contribution in [-0.2, 0) is 26.9 Å². The molecule has 0 amide bonds. The number of sulfone groups is 1. The van der Waals surface area contributed by atoms with Gasteiger partial charge in [-0.25, -0.2) is 8.42 Å². The summed E-state index contributed by atoms with van der Waals surface area (Å²) in [5.41, 5.74) is 4.38. The molecule has 0 unspecified atom stereocenters. The van der Waals surface area contributed by atoms with Crippen molar-refractivity contribution in [2.24, 2.45) is 0 Å². The Morgan fingerprint density at radius 2 is 1.05 bits per heavy atom. The number of methoxy groups -OCH3 is 1. The first kappa shape index (κ1) is 27.6. The van der Waals surface area contributed by atoms with Crippen molar-refractivity contribution in [3.8, 4) is 17.2 Å². The zero-order valence-corrected chi connectivity index (χ0v) is 22.2. The molecule has 37 heavy (non-hydrogen) atoms. The second kappa shape index (κ2) is 12.3. The minimum Gasteiger partial charge on any atom is -0.497 e. The predicted octanol–water partition coefficient (Wildman–Crippen LogP) is 5.52. The number of benzene rings is 4. The summed E-state index contributed by atoms with van der Waals surface area (Å²) in [6.07, 6.45) is 0.815. The first-order valence-corrected chi connectivity index (χ1v) is 13.7. The Hall–Kier alpha value is -3.95. The van der Waals surface area contributed by atoms with E-state index in [2.05, 4.69) is 12.1 Å². The van der Waals surface area contributed by atoms with Gasteiger partial charge in [0.15, 0.2) is 0 Å². The van der Waals surface area contributed by atoms with Crippen molar-refractivity contribution in [2.75, 3.05) is 7.11 Å². The number of aryl methyl sites for hydroxylation is 2. The molecule has 0 saturated heterocycles. The summed E-state index contributed by atoms with van der Waals surface area (Å²) in [4.78, 5) is 0.541. The molecule has 0 atom stereocenters. The molecule has 0 aromatic heterocycles. The first-order valence-electron chi connectivity index (χ1n) is 11.2. The Morgan fingerprint density at radius 3 is 1.51 bits per heavy atom. The molecule has 4 rings (SSSR count). The molecule has 0 radical (unpaired) electrons. The Labute approximate surface area is 218 Å². The maximum atomic E-state index is 12.9. The molecule has 9 heteroatoms. The topological polar surface area (TPSA) is 104 Å². The van der Waals surface area contributed by atoms with E-state index < -0.39 is 20.4 Å². The average Bonchev–Trinajstić information content (AvgIpc) is 2.87. The van der Waals surface area contributed by atoms with Crippen molar-refractivity contribution in [1.82, 2.24) is 0 Å². The third-order valence-electron chi connectivity index (χ3n) is 5.65. The molecular formula is C28H26O7S2. The maximum absolute atomic E-state index is 12.9.